The largest absolute Gasteiger partial charge is 0.325 e. The maximum Gasteiger partial charge on any atom is 0.234 e. The quantitative estimate of drug-likeness (QED) is 0.606. The van der Waals surface area contributed by atoms with Crippen LogP contribution in [0.5, 0.6) is 0 Å². The number of aromatic amines is 1. The molecule has 0 saturated carbocycles. The Hall–Kier alpha value is -2.12. The highest BCUT2D eigenvalue weighted by Crippen LogP contribution is 2.24. The van der Waals surface area contributed by atoms with Crippen molar-refractivity contribution in [1.29, 1.82) is 0 Å². The fourth-order valence-corrected chi connectivity index (χ4v) is 3.76. The number of rotatable bonds is 7. The molecule has 0 fully saturated rings. The van der Waals surface area contributed by atoms with Crippen molar-refractivity contribution in [2.75, 3.05) is 11.1 Å². The molecule has 0 unspecified atom stereocenters. The molecule has 0 atom stereocenters. The number of thiophene rings is 1. The maximum atomic E-state index is 12.2. The van der Waals surface area contributed by atoms with Crippen LogP contribution in [0.3, 0.4) is 0 Å². The summed E-state index contributed by atoms with van der Waals surface area (Å²) >= 11 is 3.02. The van der Waals surface area contributed by atoms with Gasteiger partial charge in [-0.3, -0.25) is 9.89 Å². The van der Waals surface area contributed by atoms with Crippen LogP contribution < -0.4 is 5.32 Å². The predicted molar refractivity (Wildman–Crippen MR) is 103 cm³/mol. The van der Waals surface area contributed by atoms with Gasteiger partial charge in [0, 0.05) is 17.0 Å². The first-order chi connectivity index (χ1) is 12.1. The number of nitrogens with one attached hydrogen (secondary N) is 2. The molecule has 0 bridgehead atoms. The van der Waals surface area contributed by atoms with Crippen molar-refractivity contribution in [3.8, 4) is 0 Å². The van der Waals surface area contributed by atoms with E-state index < -0.39 is 0 Å². The first kappa shape index (κ1) is 17.7. The highest BCUT2D eigenvalue weighted by Gasteiger charge is 2.11. The number of thioether (sulfide) groups is 1. The molecule has 5 nitrogen and oxygen atoms in total. The number of nitrogens with zero attached hydrogens (tertiary/aromatic N) is 2. The second-order valence-corrected chi connectivity index (χ2v) is 7.87. The molecule has 0 aliphatic heterocycles. The molecule has 0 aliphatic carbocycles. The smallest absolute Gasteiger partial charge is 0.234 e. The summed E-state index contributed by atoms with van der Waals surface area (Å²) in [4.78, 5) is 17.9. The third kappa shape index (κ3) is 4.93. The van der Waals surface area contributed by atoms with E-state index in [2.05, 4.69) is 40.4 Å². The van der Waals surface area contributed by atoms with Crippen molar-refractivity contribution < 1.29 is 4.79 Å². The number of aromatic nitrogens is 3. The maximum absolute atomic E-state index is 12.2. The van der Waals surface area contributed by atoms with E-state index in [0.29, 0.717) is 11.1 Å². The lowest BCUT2D eigenvalue weighted by molar-refractivity contribution is -0.113. The van der Waals surface area contributed by atoms with Gasteiger partial charge >= 0.3 is 0 Å². The summed E-state index contributed by atoms with van der Waals surface area (Å²) in [5, 5.41) is 12.7. The number of carbonyl (C=O) groups is 1. The van der Waals surface area contributed by atoms with Gasteiger partial charge in [-0.05, 0) is 29.0 Å². The molecule has 0 radical (unpaired) electrons. The highest BCUT2D eigenvalue weighted by atomic mass is 32.2. The molecule has 2 N–H and O–H groups in total. The van der Waals surface area contributed by atoms with E-state index in [1.54, 1.807) is 11.3 Å². The average molecular weight is 373 g/mol. The molecule has 0 spiro atoms. The summed E-state index contributed by atoms with van der Waals surface area (Å²) in [6.07, 6.45) is 0.735. The van der Waals surface area contributed by atoms with Crippen molar-refractivity contribution in [3.63, 3.8) is 0 Å². The van der Waals surface area contributed by atoms with Crippen LogP contribution in [-0.2, 0) is 11.2 Å². The number of H-pyrrole nitrogens is 1. The molecular weight excluding hydrogens is 352 g/mol. The summed E-state index contributed by atoms with van der Waals surface area (Å²) < 4.78 is 0. The first-order valence-corrected chi connectivity index (χ1v) is 9.93. The van der Waals surface area contributed by atoms with Crippen LogP contribution in [0.4, 0.5) is 5.69 Å². The van der Waals surface area contributed by atoms with Gasteiger partial charge in [0.15, 0.2) is 0 Å². The van der Waals surface area contributed by atoms with Gasteiger partial charge in [0.05, 0.1) is 5.75 Å². The van der Waals surface area contributed by atoms with Crippen LogP contribution in [0.15, 0.2) is 46.9 Å². The summed E-state index contributed by atoms with van der Waals surface area (Å²) in [7, 11) is 0. The van der Waals surface area contributed by atoms with Crippen LogP contribution in [0.2, 0.25) is 0 Å². The molecule has 2 heterocycles. The van der Waals surface area contributed by atoms with Gasteiger partial charge in [0.1, 0.15) is 5.82 Å². The lowest BCUT2D eigenvalue weighted by Crippen LogP contribution is -2.15. The molecule has 0 saturated heterocycles. The van der Waals surface area contributed by atoms with Crippen LogP contribution in [0, 0.1) is 0 Å². The van der Waals surface area contributed by atoms with Crippen molar-refractivity contribution in [1.82, 2.24) is 15.2 Å². The molecule has 1 aromatic carbocycles. The molecule has 3 rings (SSSR count). The number of para-hydroxylation sites is 1. The van der Waals surface area contributed by atoms with Crippen LogP contribution in [0.25, 0.3) is 0 Å². The molecule has 1 amide bonds. The van der Waals surface area contributed by atoms with E-state index >= 15 is 0 Å². The number of carbonyl (C=O) groups excluding carboxylic acids is 1. The molecule has 2 aromatic heterocycles. The zero-order valence-electron chi connectivity index (χ0n) is 14.2. The molecule has 7 heteroatoms. The SMILES string of the molecule is CC(C)c1ccccc1NC(=O)CSc1n[nH]c(Cc2cccs2)n1. The van der Waals surface area contributed by atoms with Crippen LogP contribution >= 0.6 is 23.1 Å². The van der Waals surface area contributed by atoms with Gasteiger partial charge in [-0.1, -0.05) is 49.9 Å². The van der Waals surface area contributed by atoms with Crippen molar-refractivity contribution >= 4 is 34.7 Å². The van der Waals surface area contributed by atoms with Crippen LogP contribution in [0.1, 0.15) is 36.0 Å². The molecule has 3 aromatic rings. The van der Waals surface area contributed by atoms with Gasteiger partial charge < -0.3 is 5.32 Å². The summed E-state index contributed by atoms with van der Waals surface area (Å²) in [6.45, 7) is 4.23. The van der Waals surface area contributed by atoms with Gasteiger partial charge in [0.25, 0.3) is 0 Å². The predicted octanol–water partition coefficient (Wildman–Crippen LogP) is 4.31. The van der Waals surface area contributed by atoms with Crippen LogP contribution in [-0.4, -0.2) is 26.8 Å². The number of anilines is 1. The average Bonchev–Trinajstić information content (AvgIpc) is 3.26. The normalized spacial score (nSPS) is 11.0. The Morgan fingerprint density at radius 1 is 1.28 bits per heavy atom. The van der Waals surface area contributed by atoms with Crippen molar-refractivity contribution in [3.05, 3.63) is 58.0 Å². The Labute approximate surface area is 155 Å². The first-order valence-electron chi connectivity index (χ1n) is 8.07. The summed E-state index contributed by atoms with van der Waals surface area (Å²) in [5.41, 5.74) is 2.01. The van der Waals surface area contributed by atoms with E-state index in [9.17, 15) is 4.79 Å². The fraction of sp³-hybridized carbons (Fsp3) is 0.278. The molecule has 130 valence electrons. The topological polar surface area (TPSA) is 70.7 Å². The Morgan fingerprint density at radius 3 is 2.88 bits per heavy atom. The van der Waals surface area contributed by atoms with E-state index in [0.717, 1.165) is 23.5 Å². The lowest BCUT2D eigenvalue weighted by atomic mass is 10.0. The number of benzene rings is 1. The Kier molecular flexibility index (Phi) is 5.88. The van der Waals surface area contributed by atoms with E-state index in [-0.39, 0.29) is 11.7 Å². The number of amides is 1. The zero-order valence-corrected chi connectivity index (χ0v) is 15.8. The lowest BCUT2D eigenvalue weighted by Gasteiger charge is -2.13. The second kappa shape index (κ2) is 8.31. The zero-order chi connectivity index (χ0) is 17.6. The highest BCUT2D eigenvalue weighted by molar-refractivity contribution is 7.99. The molecule has 0 aliphatic rings. The van der Waals surface area contributed by atoms with Crippen molar-refractivity contribution in [2.24, 2.45) is 0 Å². The third-order valence-electron chi connectivity index (χ3n) is 3.62. The third-order valence-corrected chi connectivity index (χ3v) is 5.35. The van der Waals surface area contributed by atoms with Gasteiger partial charge in [-0.25, -0.2) is 4.98 Å². The summed E-state index contributed by atoms with van der Waals surface area (Å²) in [6, 6.07) is 12.0. The number of hydrogen-bond donors (Lipinski definition) is 2. The Bertz CT molecular complexity index is 827. The fourth-order valence-electron chi connectivity index (χ4n) is 2.43. The molecule has 25 heavy (non-hydrogen) atoms. The monoisotopic (exact) mass is 372 g/mol. The number of hydrogen-bond acceptors (Lipinski definition) is 5. The minimum atomic E-state index is -0.0530. The van der Waals surface area contributed by atoms with Crippen molar-refractivity contribution in [2.45, 2.75) is 31.3 Å². The van der Waals surface area contributed by atoms with E-state index in [1.165, 1.54) is 16.6 Å². The minimum absolute atomic E-state index is 0.0530. The standard InChI is InChI=1S/C18H20N4OS2/c1-12(2)14-7-3-4-8-15(14)19-17(23)11-25-18-20-16(21-22-18)10-13-6-5-9-24-13/h3-9,12H,10-11H2,1-2H3,(H,19,23)(H,20,21,22). The molecular formula is C18H20N4OS2. The summed E-state index contributed by atoms with van der Waals surface area (Å²) in [5.74, 6) is 1.40. The Balaban J connectivity index is 1.54. The van der Waals surface area contributed by atoms with Gasteiger partial charge in [-0.15, -0.1) is 16.4 Å². The van der Waals surface area contributed by atoms with Gasteiger partial charge in [-0.2, -0.15) is 0 Å². The van der Waals surface area contributed by atoms with E-state index in [1.807, 2.05) is 35.7 Å². The van der Waals surface area contributed by atoms with E-state index in [4.69, 9.17) is 0 Å². The Morgan fingerprint density at radius 2 is 2.12 bits per heavy atom. The van der Waals surface area contributed by atoms with Gasteiger partial charge in [0.2, 0.25) is 11.1 Å². The minimum Gasteiger partial charge on any atom is -0.325 e. The second-order valence-electron chi connectivity index (χ2n) is 5.90.